The van der Waals surface area contributed by atoms with Gasteiger partial charge in [0.2, 0.25) is 0 Å². The summed E-state index contributed by atoms with van der Waals surface area (Å²) >= 11 is 0. The number of hydrogen-bond acceptors (Lipinski definition) is 4. The number of hydrogen-bond donors (Lipinski definition) is 1. The van der Waals surface area contributed by atoms with E-state index in [9.17, 15) is 0 Å². The van der Waals surface area contributed by atoms with E-state index < -0.39 is 0 Å². The Balaban J connectivity index is 3.06. The molecule has 1 aromatic rings. The predicted molar refractivity (Wildman–Crippen MR) is 86.5 cm³/mol. The van der Waals surface area contributed by atoms with Gasteiger partial charge in [0.05, 0.1) is 26.9 Å². The van der Waals surface area contributed by atoms with Gasteiger partial charge in [0.15, 0.2) is 0 Å². The first-order valence-electron chi connectivity index (χ1n) is 7.63. The molecular weight excluding hydrogens is 266 g/mol. The van der Waals surface area contributed by atoms with Gasteiger partial charge in [-0.2, -0.15) is 0 Å². The molecule has 0 aliphatic heterocycles. The average molecular weight is 295 g/mol. The number of benzene rings is 1. The third-order valence-corrected chi connectivity index (χ3v) is 4.49. The third kappa shape index (κ3) is 4.03. The van der Waals surface area contributed by atoms with E-state index in [0.29, 0.717) is 6.54 Å². The lowest BCUT2D eigenvalue weighted by Crippen LogP contribution is -2.43. The molecule has 0 aliphatic carbocycles. The summed E-state index contributed by atoms with van der Waals surface area (Å²) in [4.78, 5) is 0. The molecule has 0 bridgehead atoms. The van der Waals surface area contributed by atoms with Gasteiger partial charge in [0, 0.05) is 24.2 Å². The number of nitrogens with one attached hydrogen (secondary N) is 1. The van der Waals surface area contributed by atoms with Crippen LogP contribution >= 0.6 is 0 Å². The average Bonchev–Trinajstić information content (AvgIpc) is 2.55. The van der Waals surface area contributed by atoms with E-state index in [0.717, 1.165) is 42.1 Å². The molecule has 4 nitrogen and oxygen atoms in total. The van der Waals surface area contributed by atoms with Gasteiger partial charge in [0.1, 0.15) is 17.2 Å². The molecule has 4 heteroatoms. The highest BCUT2D eigenvalue weighted by atomic mass is 16.5. The van der Waals surface area contributed by atoms with Gasteiger partial charge in [-0.05, 0) is 19.3 Å². The molecule has 120 valence electrons. The van der Waals surface area contributed by atoms with E-state index in [2.05, 4.69) is 26.1 Å². The first-order valence-corrected chi connectivity index (χ1v) is 7.63. The third-order valence-electron chi connectivity index (χ3n) is 4.49. The van der Waals surface area contributed by atoms with Crippen molar-refractivity contribution in [3.8, 4) is 17.2 Å². The Hall–Kier alpha value is -1.42. The number of rotatable bonds is 9. The zero-order valence-electron chi connectivity index (χ0n) is 14.2. The van der Waals surface area contributed by atoms with Crippen molar-refractivity contribution in [3.63, 3.8) is 0 Å². The molecule has 0 radical (unpaired) electrons. The molecule has 0 fully saturated rings. The summed E-state index contributed by atoms with van der Waals surface area (Å²) in [5, 5.41) is 3.68. The summed E-state index contributed by atoms with van der Waals surface area (Å²) in [6, 6.07) is 3.79. The zero-order chi connectivity index (χ0) is 15.9. The van der Waals surface area contributed by atoms with Gasteiger partial charge < -0.3 is 19.5 Å². The van der Waals surface area contributed by atoms with E-state index in [1.165, 1.54) is 0 Å². The van der Waals surface area contributed by atoms with Gasteiger partial charge in [0.25, 0.3) is 0 Å². The second-order valence-corrected chi connectivity index (χ2v) is 5.21. The van der Waals surface area contributed by atoms with Crippen LogP contribution < -0.4 is 19.5 Å². The largest absolute Gasteiger partial charge is 0.496 e. The minimum absolute atomic E-state index is 0.163. The summed E-state index contributed by atoms with van der Waals surface area (Å²) in [5.41, 5.74) is 1.19. The Bertz CT molecular complexity index is 408. The van der Waals surface area contributed by atoms with Crippen molar-refractivity contribution in [1.82, 2.24) is 5.32 Å². The summed E-state index contributed by atoms with van der Waals surface area (Å²) in [6.45, 7) is 7.39. The second-order valence-electron chi connectivity index (χ2n) is 5.21. The topological polar surface area (TPSA) is 39.7 Å². The van der Waals surface area contributed by atoms with Crippen LogP contribution in [0.2, 0.25) is 0 Å². The summed E-state index contributed by atoms with van der Waals surface area (Å²) in [6.07, 6.45) is 3.29. The molecule has 0 saturated heterocycles. The SMILES string of the molecule is CCC(CC)(CC)NCc1c(OC)cc(OC)cc1OC. The first-order chi connectivity index (χ1) is 10.1. The molecule has 0 heterocycles. The molecular formula is C17H29NO3. The van der Waals surface area contributed by atoms with Gasteiger partial charge in [-0.1, -0.05) is 20.8 Å². The Morgan fingerprint density at radius 2 is 1.33 bits per heavy atom. The Morgan fingerprint density at radius 3 is 1.67 bits per heavy atom. The van der Waals surface area contributed by atoms with E-state index in [4.69, 9.17) is 14.2 Å². The van der Waals surface area contributed by atoms with E-state index >= 15 is 0 Å². The first kappa shape index (κ1) is 17.6. The van der Waals surface area contributed by atoms with Crippen LogP contribution in [0.4, 0.5) is 0 Å². The van der Waals surface area contributed by atoms with Crippen molar-refractivity contribution in [2.45, 2.75) is 52.1 Å². The fraction of sp³-hybridized carbons (Fsp3) is 0.647. The van der Waals surface area contributed by atoms with Crippen molar-refractivity contribution in [2.75, 3.05) is 21.3 Å². The normalized spacial score (nSPS) is 11.3. The van der Waals surface area contributed by atoms with E-state index in [1.807, 2.05) is 12.1 Å². The number of methoxy groups -OCH3 is 3. The summed E-state index contributed by atoms with van der Waals surface area (Å²) in [5.74, 6) is 2.31. The second kappa shape index (κ2) is 8.13. The van der Waals surface area contributed by atoms with Crippen LogP contribution in [0.3, 0.4) is 0 Å². The van der Waals surface area contributed by atoms with Gasteiger partial charge >= 0.3 is 0 Å². The van der Waals surface area contributed by atoms with Crippen LogP contribution in [-0.2, 0) is 6.54 Å². The fourth-order valence-electron chi connectivity index (χ4n) is 2.65. The lowest BCUT2D eigenvalue weighted by Gasteiger charge is -2.32. The van der Waals surface area contributed by atoms with Crippen molar-refractivity contribution in [1.29, 1.82) is 0 Å². The maximum atomic E-state index is 5.50. The van der Waals surface area contributed by atoms with E-state index in [-0.39, 0.29) is 5.54 Å². The Morgan fingerprint density at radius 1 is 0.857 bits per heavy atom. The molecule has 0 saturated carbocycles. The maximum Gasteiger partial charge on any atom is 0.130 e. The van der Waals surface area contributed by atoms with Crippen molar-refractivity contribution in [3.05, 3.63) is 17.7 Å². The zero-order valence-corrected chi connectivity index (χ0v) is 14.2. The molecule has 0 amide bonds. The molecule has 1 N–H and O–H groups in total. The Kier molecular flexibility index (Phi) is 6.82. The molecule has 21 heavy (non-hydrogen) atoms. The molecule has 1 aromatic carbocycles. The molecule has 0 aromatic heterocycles. The molecule has 0 atom stereocenters. The van der Waals surface area contributed by atoms with Crippen LogP contribution in [0, 0.1) is 0 Å². The fourth-order valence-corrected chi connectivity index (χ4v) is 2.65. The van der Waals surface area contributed by atoms with Crippen LogP contribution in [-0.4, -0.2) is 26.9 Å². The highest BCUT2D eigenvalue weighted by molar-refractivity contribution is 5.50. The standard InChI is InChI=1S/C17H29NO3/c1-7-17(8-2,9-3)18-12-14-15(20-5)10-13(19-4)11-16(14)21-6/h10-11,18H,7-9,12H2,1-6H3. The minimum Gasteiger partial charge on any atom is -0.496 e. The molecule has 0 spiro atoms. The molecule has 1 rings (SSSR count). The van der Waals surface area contributed by atoms with Gasteiger partial charge in [-0.15, -0.1) is 0 Å². The highest BCUT2D eigenvalue weighted by Crippen LogP contribution is 2.34. The van der Waals surface area contributed by atoms with Crippen LogP contribution in [0.15, 0.2) is 12.1 Å². The van der Waals surface area contributed by atoms with Crippen molar-refractivity contribution < 1.29 is 14.2 Å². The van der Waals surface area contributed by atoms with Crippen LogP contribution in [0.5, 0.6) is 17.2 Å². The quantitative estimate of drug-likeness (QED) is 0.753. The van der Waals surface area contributed by atoms with Crippen LogP contribution in [0.25, 0.3) is 0 Å². The summed E-state index contributed by atoms with van der Waals surface area (Å²) in [7, 11) is 4.98. The lowest BCUT2D eigenvalue weighted by molar-refractivity contribution is 0.282. The summed E-state index contributed by atoms with van der Waals surface area (Å²) < 4.78 is 16.3. The smallest absolute Gasteiger partial charge is 0.130 e. The van der Waals surface area contributed by atoms with Crippen LogP contribution in [0.1, 0.15) is 45.6 Å². The predicted octanol–water partition coefficient (Wildman–Crippen LogP) is 3.77. The van der Waals surface area contributed by atoms with Crippen molar-refractivity contribution >= 4 is 0 Å². The number of ether oxygens (including phenoxy) is 3. The monoisotopic (exact) mass is 295 g/mol. The Labute approximate surface area is 128 Å². The van der Waals surface area contributed by atoms with Crippen molar-refractivity contribution in [2.24, 2.45) is 0 Å². The lowest BCUT2D eigenvalue weighted by atomic mass is 9.89. The van der Waals surface area contributed by atoms with Gasteiger partial charge in [-0.3, -0.25) is 0 Å². The molecule has 0 aliphatic rings. The van der Waals surface area contributed by atoms with Gasteiger partial charge in [-0.25, -0.2) is 0 Å². The molecule has 0 unspecified atom stereocenters. The maximum absolute atomic E-state index is 5.50. The highest BCUT2D eigenvalue weighted by Gasteiger charge is 2.24. The minimum atomic E-state index is 0.163. The van der Waals surface area contributed by atoms with E-state index in [1.54, 1.807) is 21.3 Å².